The summed E-state index contributed by atoms with van der Waals surface area (Å²) in [4.78, 5) is 13.2. The fourth-order valence-electron chi connectivity index (χ4n) is 3.15. The van der Waals surface area contributed by atoms with E-state index in [0.717, 1.165) is 6.42 Å². The molecule has 0 aliphatic carbocycles. The van der Waals surface area contributed by atoms with E-state index in [0.29, 0.717) is 39.0 Å². The summed E-state index contributed by atoms with van der Waals surface area (Å²) in [6.45, 7) is 1.56. The molecule has 24 heavy (non-hydrogen) atoms. The van der Waals surface area contributed by atoms with Crippen molar-refractivity contribution in [1.29, 1.82) is 0 Å². The number of ether oxygens (including phenoxy) is 2. The maximum Gasteiger partial charge on any atom is 0.281 e. The van der Waals surface area contributed by atoms with Crippen LogP contribution in [0.1, 0.15) is 25.7 Å². The van der Waals surface area contributed by atoms with Gasteiger partial charge in [-0.2, -0.15) is 17.0 Å². The molecule has 0 aromatic rings. The first kappa shape index (κ1) is 19.6. The Bertz CT molecular complexity index is 541. The SMILES string of the molecule is CN(C)C(=O)COC1CCOC2(CCN(S(=O)(=O)N(C)C)CC2)C1. The van der Waals surface area contributed by atoms with Crippen molar-refractivity contribution < 1.29 is 22.7 Å². The first-order valence-corrected chi connectivity index (χ1v) is 9.69. The minimum Gasteiger partial charge on any atom is -0.375 e. The van der Waals surface area contributed by atoms with Gasteiger partial charge in [-0.05, 0) is 19.3 Å². The maximum atomic E-state index is 12.2. The highest BCUT2D eigenvalue weighted by atomic mass is 32.2. The van der Waals surface area contributed by atoms with Gasteiger partial charge in [-0.25, -0.2) is 0 Å². The second-order valence-corrected chi connectivity index (χ2v) is 9.08. The largest absolute Gasteiger partial charge is 0.375 e. The molecule has 2 rings (SSSR count). The molecule has 2 aliphatic heterocycles. The van der Waals surface area contributed by atoms with Gasteiger partial charge in [0.15, 0.2) is 0 Å². The Balaban J connectivity index is 1.90. The highest BCUT2D eigenvalue weighted by Crippen LogP contribution is 2.36. The van der Waals surface area contributed by atoms with Gasteiger partial charge >= 0.3 is 0 Å². The van der Waals surface area contributed by atoms with Crippen LogP contribution in [-0.4, -0.2) is 94.0 Å². The molecular weight excluding hydrogens is 334 g/mol. The third kappa shape index (κ3) is 4.45. The van der Waals surface area contributed by atoms with Crippen LogP contribution in [0.3, 0.4) is 0 Å². The van der Waals surface area contributed by atoms with Crippen LogP contribution in [0.2, 0.25) is 0 Å². The molecule has 1 spiro atoms. The van der Waals surface area contributed by atoms with Gasteiger partial charge in [0, 0.05) is 54.3 Å². The van der Waals surface area contributed by atoms with Crippen molar-refractivity contribution in [3.05, 3.63) is 0 Å². The van der Waals surface area contributed by atoms with Gasteiger partial charge in [-0.3, -0.25) is 4.79 Å². The summed E-state index contributed by atoms with van der Waals surface area (Å²) in [7, 11) is 3.13. The van der Waals surface area contributed by atoms with Crippen molar-refractivity contribution in [2.75, 3.05) is 54.5 Å². The van der Waals surface area contributed by atoms with E-state index in [9.17, 15) is 13.2 Å². The zero-order valence-corrected chi connectivity index (χ0v) is 15.8. The second kappa shape index (κ2) is 7.65. The minimum absolute atomic E-state index is 0.0142. The minimum atomic E-state index is -3.37. The van der Waals surface area contributed by atoms with E-state index in [4.69, 9.17) is 9.47 Å². The number of nitrogens with zero attached hydrogens (tertiary/aromatic N) is 3. The summed E-state index contributed by atoms with van der Waals surface area (Å²) in [5.74, 6) is -0.0533. The van der Waals surface area contributed by atoms with Crippen LogP contribution < -0.4 is 0 Å². The third-order valence-electron chi connectivity index (χ3n) is 4.81. The van der Waals surface area contributed by atoms with Crippen molar-refractivity contribution in [3.63, 3.8) is 0 Å². The predicted octanol–water partition coefficient (Wildman–Crippen LogP) is -0.0888. The van der Waals surface area contributed by atoms with Gasteiger partial charge in [-0.15, -0.1) is 0 Å². The molecular formula is C15H29N3O5S. The monoisotopic (exact) mass is 363 g/mol. The lowest BCUT2D eigenvalue weighted by Gasteiger charge is -2.45. The molecule has 0 aromatic heterocycles. The van der Waals surface area contributed by atoms with E-state index in [-0.39, 0.29) is 24.2 Å². The van der Waals surface area contributed by atoms with Crippen LogP contribution in [-0.2, 0) is 24.5 Å². The number of rotatable bonds is 5. The molecule has 0 saturated carbocycles. The Hall–Kier alpha value is -0.740. The molecule has 2 saturated heterocycles. The van der Waals surface area contributed by atoms with Crippen LogP contribution in [0.15, 0.2) is 0 Å². The predicted molar refractivity (Wildman–Crippen MR) is 89.8 cm³/mol. The molecule has 2 fully saturated rings. The molecule has 2 heterocycles. The lowest BCUT2D eigenvalue weighted by molar-refractivity contribution is -0.159. The zero-order valence-electron chi connectivity index (χ0n) is 15.0. The number of amides is 1. The number of carbonyl (C=O) groups is 1. The summed E-state index contributed by atoms with van der Waals surface area (Å²) in [5.41, 5.74) is -0.331. The van der Waals surface area contributed by atoms with Crippen molar-refractivity contribution in [2.45, 2.75) is 37.4 Å². The molecule has 0 aromatic carbocycles. The Labute approximate surface area is 144 Å². The Morgan fingerprint density at radius 2 is 1.88 bits per heavy atom. The fraction of sp³-hybridized carbons (Fsp3) is 0.933. The third-order valence-corrected chi connectivity index (χ3v) is 6.75. The van der Waals surface area contributed by atoms with E-state index in [1.54, 1.807) is 28.2 Å². The quantitative estimate of drug-likeness (QED) is 0.682. The van der Waals surface area contributed by atoms with E-state index >= 15 is 0 Å². The van der Waals surface area contributed by atoms with Crippen molar-refractivity contribution >= 4 is 16.1 Å². The summed E-state index contributed by atoms with van der Waals surface area (Å²) < 4.78 is 38.9. The molecule has 140 valence electrons. The number of carbonyl (C=O) groups excluding carboxylic acids is 1. The van der Waals surface area contributed by atoms with E-state index in [2.05, 4.69) is 0 Å². The first-order valence-electron chi connectivity index (χ1n) is 8.30. The molecule has 1 atom stereocenters. The first-order chi connectivity index (χ1) is 11.2. The Kier molecular flexibility index (Phi) is 6.24. The Morgan fingerprint density at radius 3 is 2.42 bits per heavy atom. The highest BCUT2D eigenvalue weighted by molar-refractivity contribution is 7.86. The van der Waals surface area contributed by atoms with Crippen molar-refractivity contribution in [1.82, 2.24) is 13.5 Å². The van der Waals surface area contributed by atoms with Gasteiger partial charge in [0.1, 0.15) is 6.61 Å². The van der Waals surface area contributed by atoms with Crippen LogP contribution in [0, 0.1) is 0 Å². The maximum absolute atomic E-state index is 12.2. The summed E-state index contributed by atoms with van der Waals surface area (Å²) in [5, 5.41) is 0. The van der Waals surface area contributed by atoms with Crippen LogP contribution in [0.4, 0.5) is 0 Å². The van der Waals surface area contributed by atoms with Crippen LogP contribution >= 0.6 is 0 Å². The normalized spacial score (nSPS) is 25.1. The van der Waals surface area contributed by atoms with Gasteiger partial charge in [0.05, 0.1) is 11.7 Å². The Morgan fingerprint density at radius 1 is 1.25 bits per heavy atom. The summed E-state index contributed by atoms with van der Waals surface area (Å²) in [6, 6.07) is 0. The smallest absolute Gasteiger partial charge is 0.281 e. The molecule has 1 amide bonds. The molecule has 9 heteroatoms. The second-order valence-electron chi connectivity index (χ2n) is 6.93. The summed E-state index contributed by atoms with van der Waals surface area (Å²) >= 11 is 0. The number of likely N-dealkylation sites (N-methyl/N-ethyl adjacent to an activating group) is 1. The van der Waals surface area contributed by atoms with Gasteiger partial charge in [0.25, 0.3) is 10.2 Å². The lowest BCUT2D eigenvalue weighted by Crippen LogP contribution is -2.53. The van der Waals surface area contributed by atoms with Crippen LogP contribution in [0.5, 0.6) is 0 Å². The molecule has 1 unspecified atom stereocenters. The lowest BCUT2D eigenvalue weighted by atomic mass is 9.84. The van der Waals surface area contributed by atoms with Crippen LogP contribution in [0.25, 0.3) is 0 Å². The van der Waals surface area contributed by atoms with Crippen molar-refractivity contribution in [2.24, 2.45) is 0 Å². The van der Waals surface area contributed by atoms with Gasteiger partial charge in [0.2, 0.25) is 5.91 Å². The van der Waals surface area contributed by atoms with E-state index < -0.39 is 10.2 Å². The number of hydrogen-bond donors (Lipinski definition) is 0. The molecule has 0 N–H and O–H groups in total. The number of piperidine rings is 1. The van der Waals surface area contributed by atoms with Gasteiger partial charge in [-0.1, -0.05) is 0 Å². The molecule has 0 radical (unpaired) electrons. The molecule has 2 aliphatic rings. The molecule has 0 bridgehead atoms. The zero-order chi connectivity index (χ0) is 18.0. The summed E-state index contributed by atoms with van der Waals surface area (Å²) in [6.07, 6.45) is 2.77. The topological polar surface area (TPSA) is 79.4 Å². The number of hydrogen-bond acceptors (Lipinski definition) is 5. The highest BCUT2D eigenvalue weighted by Gasteiger charge is 2.43. The average Bonchev–Trinajstić information content (AvgIpc) is 2.53. The van der Waals surface area contributed by atoms with E-state index in [1.165, 1.54) is 13.5 Å². The average molecular weight is 363 g/mol. The fourth-order valence-corrected chi connectivity index (χ4v) is 4.25. The molecule has 8 nitrogen and oxygen atoms in total. The standard InChI is InChI=1S/C15H29N3O5S/c1-16(2)14(19)12-22-13-5-10-23-15(11-13)6-8-18(9-7-15)24(20,21)17(3)4/h13H,5-12H2,1-4H3. The van der Waals surface area contributed by atoms with Crippen molar-refractivity contribution in [3.8, 4) is 0 Å². The van der Waals surface area contributed by atoms with Gasteiger partial charge < -0.3 is 14.4 Å². The van der Waals surface area contributed by atoms with E-state index in [1.807, 2.05) is 0 Å².